The van der Waals surface area contributed by atoms with Gasteiger partial charge < -0.3 is 5.32 Å². The second kappa shape index (κ2) is 8.79. The first-order chi connectivity index (χ1) is 11.2. The summed E-state index contributed by atoms with van der Waals surface area (Å²) in [5.74, 6) is 0. The number of thiocarbonyl (C=S) groups is 1. The van der Waals surface area contributed by atoms with Crippen LogP contribution in [0.1, 0.15) is 22.3 Å². The van der Waals surface area contributed by atoms with Crippen LogP contribution in [0.2, 0.25) is 0 Å². The minimum atomic E-state index is -3.78. The first-order valence-electron chi connectivity index (χ1n) is 7.15. The molecule has 0 aliphatic heterocycles. The fraction of sp³-hybridized carbons (Fsp3) is 0.176. The zero-order valence-corrected chi connectivity index (χ0v) is 15.2. The van der Waals surface area contributed by atoms with Crippen LogP contribution in [-0.2, 0) is 10.0 Å². The second-order valence-electron chi connectivity index (χ2n) is 5.48. The van der Waals surface area contributed by atoms with Gasteiger partial charge in [0.15, 0.2) is 5.11 Å². The van der Waals surface area contributed by atoms with E-state index in [0.717, 1.165) is 5.56 Å². The molecular weight excluding hydrogens is 365 g/mol. The third-order valence-electron chi connectivity index (χ3n) is 3.37. The molecule has 25 heavy (non-hydrogen) atoms. The summed E-state index contributed by atoms with van der Waals surface area (Å²) in [6, 6.07) is 12.2. The molecule has 0 unspecified atom stereocenters. The first kappa shape index (κ1) is 21.6. The van der Waals surface area contributed by atoms with Crippen LogP contribution in [0.25, 0.3) is 0 Å². The predicted octanol–water partition coefficient (Wildman–Crippen LogP) is 2.51. The quantitative estimate of drug-likeness (QED) is 0.629. The second-order valence-corrected chi connectivity index (χ2v) is 7.50. The van der Waals surface area contributed by atoms with Crippen LogP contribution in [0.15, 0.2) is 41.3 Å². The van der Waals surface area contributed by atoms with Gasteiger partial charge in [-0.05, 0) is 68.4 Å². The molecule has 0 heterocycles. The van der Waals surface area contributed by atoms with Crippen molar-refractivity contribution in [3.05, 3.63) is 58.7 Å². The molecule has 2 rings (SSSR count). The van der Waals surface area contributed by atoms with Crippen molar-refractivity contribution in [3.63, 3.8) is 0 Å². The fourth-order valence-electron chi connectivity index (χ4n) is 2.55. The molecule has 0 aliphatic rings. The van der Waals surface area contributed by atoms with Crippen LogP contribution in [-0.4, -0.2) is 43.1 Å². The molecule has 2 aromatic carbocycles. The average Bonchev–Trinajstić information content (AvgIpc) is 2.45. The Kier molecular flexibility index (Phi) is 7.60. The van der Waals surface area contributed by atoms with Gasteiger partial charge in [-0.25, -0.2) is 8.42 Å². The van der Waals surface area contributed by atoms with Crippen molar-refractivity contribution < 1.29 is 8.42 Å². The Morgan fingerprint density at radius 3 is 2.08 bits per heavy atom. The third-order valence-corrected chi connectivity index (χ3v) is 5.36. The van der Waals surface area contributed by atoms with E-state index in [1.54, 1.807) is 38.1 Å². The minimum absolute atomic E-state index is 0. The summed E-state index contributed by atoms with van der Waals surface area (Å²) in [6.45, 7) is 5.43. The van der Waals surface area contributed by atoms with Crippen molar-refractivity contribution in [1.82, 2.24) is 4.72 Å². The van der Waals surface area contributed by atoms with Crippen LogP contribution in [0, 0.1) is 32.1 Å². The summed E-state index contributed by atoms with van der Waals surface area (Å²) >= 11 is 5.09. The molecule has 0 bridgehead atoms. The van der Waals surface area contributed by atoms with Crippen molar-refractivity contribution in [3.8, 4) is 6.07 Å². The summed E-state index contributed by atoms with van der Waals surface area (Å²) in [7, 11) is -3.78. The number of hydrogen-bond donors (Lipinski definition) is 2. The summed E-state index contributed by atoms with van der Waals surface area (Å²) < 4.78 is 27.6. The van der Waals surface area contributed by atoms with Gasteiger partial charge in [0.25, 0.3) is 10.0 Å². The number of nitrogens with one attached hydrogen (secondary N) is 2. The SMILES string of the molecule is Cc1cc(C)c(S(=O)(=O)NC(=S)Nc2ccc(C#N)cc2)c(C)c1.[NaH]. The van der Waals surface area contributed by atoms with Crippen molar-refractivity contribution >= 4 is 62.6 Å². The summed E-state index contributed by atoms with van der Waals surface area (Å²) in [5, 5.41) is 11.5. The topological polar surface area (TPSA) is 82.0 Å². The number of nitrogens with zero attached hydrogens (tertiary/aromatic N) is 1. The molecule has 0 saturated heterocycles. The van der Waals surface area contributed by atoms with Gasteiger partial charge in [-0.2, -0.15) is 5.26 Å². The van der Waals surface area contributed by atoms with Crippen molar-refractivity contribution in [1.29, 1.82) is 5.26 Å². The van der Waals surface area contributed by atoms with Gasteiger partial charge in [0, 0.05) is 5.69 Å². The molecular formula is C17H18N3NaO2S2. The zero-order chi connectivity index (χ0) is 17.9. The molecule has 0 aromatic heterocycles. The number of nitriles is 1. The van der Waals surface area contributed by atoms with Gasteiger partial charge in [-0.15, -0.1) is 0 Å². The molecule has 0 atom stereocenters. The number of aryl methyl sites for hydroxylation is 3. The van der Waals surface area contributed by atoms with Gasteiger partial charge >= 0.3 is 29.6 Å². The van der Waals surface area contributed by atoms with Crippen LogP contribution in [0.5, 0.6) is 0 Å². The van der Waals surface area contributed by atoms with Crippen molar-refractivity contribution in [2.75, 3.05) is 5.32 Å². The van der Waals surface area contributed by atoms with Gasteiger partial charge in [-0.3, -0.25) is 4.72 Å². The van der Waals surface area contributed by atoms with E-state index in [1.165, 1.54) is 0 Å². The first-order valence-corrected chi connectivity index (χ1v) is 9.04. The Balaban J connectivity index is 0.00000312. The molecule has 8 heteroatoms. The van der Waals surface area contributed by atoms with E-state index in [0.29, 0.717) is 22.4 Å². The van der Waals surface area contributed by atoms with E-state index in [2.05, 4.69) is 10.0 Å². The monoisotopic (exact) mass is 383 g/mol. The van der Waals surface area contributed by atoms with E-state index in [9.17, 15) is 8.42 Å². The Morgan fingerprint density at radius 1 is 1.08 bits per heavy atom. The van der Waals surface area contributed by atoms with Crippen molar-refractivity contribution in [2.45, 2.75) is 25.7 Å². The fourth-order valence-corrected chi connectivity index (χ4v) is 4.36. The van der Waals surface area contributed by atoms with E-state index in [4.69, 9.17) is 17.5 Å². The molecule has 126 valence electrons. The third kappa shape index (κ3) is 5.53. The van der Waals surface area contributed by atoms with E-state index in [1.807, 2.05) is 25.1 Å². The molecule has 0 aliphatic carbocycles. The molecule has 0 radical (unpaired) electrons. The normalized spacial score (nSPS) is 10.3. The maximum absolute atomic E-state index is 12.6. The number of benzene rings is 2. The van der Waals surface area contributed by atoms with Crippen molar-refractivity contribution in [2.24, 2.45) is 0 Å². The molecule has 0 amide bonds. The number of anilines is 1. The summed E-state index contributed by atoms with van der Waals surface area (Å²) in [5.41, 5.74) is 3.45. The average molecular weight is 383 g/mol. The van der Waals surface area contributed by atoms with Crippen LogP contribution in [0.4, 0.5) is 5.69 Å². The molecule has 5 nitrogen and oxygen atoms in total. The Labute approximate surface area is 175 Å². The molecule has 0 saturated carbocycles. The van der Waals surface area contributed by atoms with Crippen LogP contribution < -0.4 is 10.0 Å². The summed E-state index contributed by atoms with van der Waals surface area (Å²) in [6.07, 6.45) is 0. The van der Waals surface area contributed by atoms with Gasteiger partial charge in [0.05, 0.1) is 16.5 Å². The maximum atomic E-state index is 12.6. The van der Waals surface area contributed by atoms with Gasteiger partial charge in [-0.1, -0.05) is 17.7 Å². The number of rotatable bonds is 3. The molecule has 0 fully saturated rings. The summed E-state index contributed by atoms with van der Waals surface area (Å²) in [4.78, 5) is 0.233. The standard InChI is InChI=1S/C17H17N3O2S2.Na.H/c1-11-8-12(2)16(13(3)9-11)24(21,22)20-17(23)19-15-6-4-14(10-18)5-7-15;;/h4-9H,1-3H3,(H2,19,20,23);;. The molecule has 2 aromatic rings. The number of hydrogen-bond acceptors (Lipinski definition) is 4. The van der Waals surface area contributed by atoms with Gasteiger partial charge in [0.2, 0.25) is 0 Å². The van der Waals surface area contributed by atoms with Crippen LogP contribution in [0.3, 0.4) is 0 Å². The number of sulfonamides is 1. The van der Waals surface area contributed by atoms with Gasteiger partial charge in [0.1, 0.15) is 0 Å². The van der Waals surface area contributed by atoms with E-state index < -0.39 is 10.0 Å². The molecule has 0 spiro atoms. The van der Waals surface area contributed by atoms with E-state index >= 15 is 0 Å². The predicted molar refractivity (Wildman–Crippen MR) is 106 cm³/mol. The zero-order valence-electron chi connectivity index (χ0n) is 13.5. The Bertz CT molecular complexity index is 910. The van der Waals surface area contributed by atoms with Crippen LogP contribution >= 0.6 is 12.2 Å². The Hall–Kier alpha value is -1.43. The molecule has 2 N–H and O–H groups in total. The van der Waals surface area contributed by atoms with E-state index in [-0.39, 0.29) is 39.6 Å². The Morgan fingerprint density at radius 2 is 1.60 bits per heavy atom.